The molecule has 1 fully saturated rings. The Hall–Kier alpha value is -1.35. The van der Waals surface area contributed by atoms with E-state index in [9.17, 15) is 4.79 Å². The third kappa shape index (κ3) is 3.80. The van der Waals surface area contributed by atoms with Crippen LogP contribution >= 0.6 is 0 Å². The van der Waals surface area contributed by atoms with E-state index in [2.05, 4.69) is 26.0 Å². The molecule has 0 aliphatic carbocycles. The highest BCUT2D eigenvalue weighted by Gasteiger charge is 2.33. The summed E-state index contributed by atoms with van der Waals surface area (Å²) in [5.74, 6) is 0.569. The van der Waals surface area contributed by atoms with Crippen molar-refractivity contribution in [1.82, 2.24) is 0 Å². The van der Waals surface area contributed by atoms with Crippen molar-refractivity contribution in [2.75, 3.05) is 0 Å². The molecule has 0 bridgehead atoms. The lowest BCUT2D eigenvalue weighted by molar-refractivity contribution is -0.158. The number of hydrogen-bond donors (Lipinski definition) is 1. The lowest BCUT2D eigenvalue weighted by Crippen LogP contribution is -2.46. The molecular formula is C16H23NO2. The van der Waals surface area contributed by atoms with E-state index in [-0.39, 0.29) is 18.1 Å². The quantitative estimate of drug-likeness (QED) is 0.847. The van der Waals surface area contributed by atoms with Crippen LogP contribution in [0.4, 0.5) is 0 Å². The molecule has 1 aromatic carbocycles. The van der Waals surface area contributed by atoms with Gasteiger partial charge in [0.05, 0.1) is 0 Å². The molecule has 104 valence electrons. The molecule has 1 saturated heterocycles. The Kier molecular flexibility index (Phi) is 4.59. The molecule has 1 aromatic rings. The summed E-state index contributed by atoms with van der Waals surface area (Å²) in [6.45, 7) is 4.14. The van der Waals surface area contributed by atoms with Gasteiger partial charge in [-0.1, -0.05) is 44.2 Å². The molecule has 1 aliphatic heterocycles. The molecule has 0 radical (unpaired) electrons. The number of ether oxygens (including phenoxy) is 1. The molecule has 19 heavy (non-hydrogen) atoms. The summed E-state index contributed by atoms with van der Waals surface area (Å²) in [5.41, 5.74) is 7.41. The fourth-order valence-corrected chi connectivity index (χ4v) is 2.68. The average Bonchev–Trinajstić information content (AvgIpc) is 2.38. The Balaban J connectivity index is 2.00. The van der Waals surface area contributed by atoms with Crippen molar-refractivity contribution in [1.29, 1.82) is 0 Å². The highest BCUT2D eigenvalue weighted by molar-refractivity contribution is 5.70. The first kappa shape index (κ1) is 14.1. The van der Waals surface area contributed by atoms with Gasteiger partial charge in [0.2, 0.25) is 0 Å². The van der Waals surface area contributed by atoms with Gasteiger partial charge in [-0.25, -0.2) is 0 Å². The minimum atomic E-state index is -0.130. The van der Waals surface area contributed by atoms with E-state index < -0.39 is 0 Å². The Morgan fingerprint density at radius 2 is 2.00 bits per heavy atom. The molecule has 3 heteroatoms. The van der Waals surface area contributed by atoms with Gasteiger partial charge in [-0.3, -0.25) is 4.79 Å². The summed E-state index contributed by atoms with van der Waals surface area (Å²) in [6.07, 6.45) is 2.18. The summed E-state index contributed by atoms with van der Waals surface area (Å²) < 4.78 is 5.41. The lowest BCUT2D eigenvalue weighted by Gasteiger charge is -2.34. The molecule has 0 spiro atoms. The van der Waals surface area contributed by atoms with Crippen molar-refractivity contribution in [2.45, 2.75) is 45.3 Å². The summed E-state index contributed by atoms with van der Waals surface area (Å²) in [7, 11) is 0. The lowest BCUT2D eigenvalue weighted by atomic mass is 9.84. The van der Waals surface area contributed by atoms with Gasteiger partial charge in [-0.05, 0) is 30.2 Å². The Labute approximate surface area is 115 Å². The van der Waals surface area contributed by atoms with Crippen molar-refractivity contribution in [3.63, 3.8) is 0 Å². The van der Waals surface area contributed by atoms with Crippen LogP contribution in [-0.4, -0.2) is 18.1 Å². The Bertz CT molecular complexity index is 416. The van der Waals surface area contributed by atoms with Gasteiger partial charge in [0.15, 0.2) is 0 Å². The van der Waals surface area contributed by atoms with Crippen LogP contribution in [0, 0.1) is 11.8 Å². The van der Waals surface area contributed by atoms with Crippen LogP contribution in [-0.2, 0) is 16.0 Å². The zero-order valence-electron chi connectivity index (χ0n) is 11.7. The molecular weight excluding hydrogens is 238 g/mol. The van der Waals surface area contributed by atoms with Crippen LogP contribution in [0.1, 0.15) is 32.3 Å². The van der Waals surface area contributed by atoms with E-state index in [1.807, 2.05) is 18.2 Å². The molecule has 1 heterocycles. The number of nitrogens with two attached hydrogens (primary N) is 1. The van der Waals surface area contributed by atoms with Crippen LogP contribution in [0.15, 0.2) is 30.3 Å². The summed E-state index contributed by atoms with van der Waals surface area (Å²) in [6, 6.07) is 10.2. The SMILES string of the molecule is CC(C)[C@H](N)C1CC(Cc2ccccc2)CC(=O)O1. The molecule has 3 atom stereocenters. The molecule has 0 saturated carbocycles. The number of cyclic esters (lactones) is 1. The summed E-state index contributed by atoms with van der Waals surface area (Å²) >= 11 is 0. The third-order valence-electron chi connectivity index (χ3n) is 3.87. The van der Waals surface area contributed by atoms with Crippen LogP contribution in [0.25, 0.3) is 0 Å². The van der Waals surface area contributed by atoms with Gasteiger partial charge in [-0.15, -0.1) is 0 Å². The van der Waals surface area contributed by atoms with Gasteiger partial charge in [-0.2, -0.15) is 0 Å². The smallest absolute Gasteiger partial charge is 0.306 e. The number of benzene rings is 1. The summed E-state index contributed by atoms with van der Waals surface area (Å²) in [4.78, 5) is 11.7. The van der Waals surface area contributed by atoms with E-state index in [4.69, 9.17) is 10.5 Å². The average molecular weight is 261 g/mol. The fourth-order valence-electron chi connectivity index (χ4n) is 2.68. The molecule has 2 rings (SSSR count). The van der Waals surface area contributed by atoms with E-state index >= 15 is 0 Å². The molecule has 2 N–H and O–H groups in total. The Morgan fingerprint density at radius 3 is 2.63 bits per heavy atom. The van der Waals surface area contributed by atoms with Crippen LogP contribution < -0.4 is 5.73 Å². The van der Waals surface area contributed by atoms with Crippen LogP contribution in [0.3, 0.4) is 0 Å². The highest BCUT2D eigenvalue weighted by atomic mass is 16.5. The van der Waals surface area contributed by atoms with Crippen molar-refractivity contribution in [2.24, 2.45) is 17.6 Å². The topological polar surface area (TPSA) is 52.3 Å². The molecule has 3 nitrogen and oxygen atoms in total. The monoisotopic (exact) mass is 261 g/mol. The standard InChI is InChI=1S/C16H23NO2/c1-11(2)16(17)14-9-13(10-15(18)19-14)8-12-6-4-3-5-7-12/h3-7,11,13-14,16H,8-10,17H2,1-2H3/t13?,14?,16-/m0/s1. The highest BCUT2D eigenvalue weighted by Crippen LogP contribution is 2.27. The van der Waals surface area contributed by atoms with Crippen molar-refractivity contribution in [3.05, 3.63) is 35.9 Å². The maximum absolute atomic E-state index is 11.7. The van der Waals surface area contributed by atoms with Crippen molar-refractivity contribution >= 4 is 5.97 Å². The van der Waals surface area contributed by atoms with Crippen molar-refractivity contribution < 1.29 is 9.53 Å². The first-order valence-corrected chi connectivity index (χ1v) is 7.05. The normalized spacial score (nSPS) is 25.2. The first-order valence-electron chi connectivity index (χ1n) is 7.05. The zero-order valence-corrected chi connectivity index (χ0v) is 11.7. The Morgan fingerprint density at radius 1 is 1.32 bits per heavy atom. The maximum Gasteiger partial charge on any atom is 0.306 e. The van der Waals surface area contributed by atoms with Gasteiger partial charge >= 0.3 is 5.97 Å². The van der Waals surface area contributed by atoms with Gasteiger partial charge < -0.3 is 10.5 Å². The molecule has 0 amide bonds. The number of esters is 1. The number of carbonyl (C=O) groups excluding carboxylic acids is 1. The van der Waals surface area contributed by atoms with E-state index in [1.165, 1.54) is 5.56 Å². The predicted molar refractivity (Wildman–Crippen MR) is 75.6 cm³/mol. The second kappa shape index (κ2) is 6.20. The third-order valence-corrected chi connectivity index (χ3v) is 3.87. The predicted octanol–water partition coefficient (Wildman–Crippen LogP) is 2.53. The minimum Gasteiger partial charge on any atom is -0.461 e. The van der Waals surface area contributed by atoms with E-state index in [1.54, 1.807) is 0 Å². The number of hydrogen-bond acceptors (Lipinski definition) is 3. The first-order chi connectivity index (χ1) is 9.06. The van der Waals surface area contributed by atoms with Gasteiger partial charge in [0.1, 0.15) is 6.10 Å². The second-order valence-electron chi connectivity index (χ2n) is 5.85. The minimum absolute atomic E-state index is 0.0671. The number of carbonyl (C=O) groups is 1. The van der Waals surface area contributed by atoms with Crippen LogP contribution in [0.2, 0.25) is 0 Å². The molecule has 1 aliphatic rings. The number of rotatable bonds is 4. The molecule has 0 aromatic heterocycles. The largest absolute Gasteiger partial charge is 0.461 e. The maximum atomic E-state index is 11.7. The van der Waals surface area contributed by atoms with Gasteiger partial charge in [0, 0.05) is 12.5 Å². The molecule has 2 unspecified atom stereocenters. The van der Waals surface area contributed by atoms with Crippen LogP contribution in [0.5, 0.6) is 0 Å². The zero-order chi connectivity index (χ0) is 13.8. The van der Waals surface area contributed by atoms with Gasteiger partial charge in [0.25, 0.3) is 0 Å². The van der Waals surface area contributed by atoms with E-state index in [0.29, 0.717) is 18.3 Å². The fraction of sp³-hybridized carbons (Fsp3) is 0.562. The summed E-state index contributed by atoms with van der Waals surface area (Å²) in [5, 5.41) is 0. The van der Waals surface area contributed by atoms with Crippen molar-refractivity contribution in [3.8, 4) is 0 Å². The second-order valence-corrected chi connectivity index (χ2v) is 5.85. The van der Waals surface area contributed by atoms with E-state index in [0.717, 1.165) is 12.8 Å².